The van der Waals surface area contributed by atoms with Gasteiger partial charge in [0, 0.05) is 12.6 Å². The minimum Gasteiger partial charge on any atom is -0.497 e. The predicted molar refractivity (Wildman–Crippen MR) is 106 cm³/mol. The third-order valence-corrected chi connectivity index (χ3v) is 7.27. The monoisotopic (exact) mass is 386 g/mol. The largest absolute Gasteiger partial charge is 0.497 e. The van der Waals surface area contributed by atoms with Gasteiger partial charge in [0.25, 0.3) is 10.2 Å². The zero-order valence-corrected chi connectivity index (χ0v) is 16.4. The van der Waals surface area contributed by atoms with Gasteiger partial charge in [0.2, 0.25) is 0 Å². The summed E-state index contributed by atoms with van der Waals surface area (Å²) < 4.78 is 36.5. The average molecular weight is 387 g/mol. The molecule has 144 valence electrons. The molecule has 1 atom stereocenters. The van der Waals surface area contributed by atoms with Crippen molar-refractivity contribution in [2.45, 2.75) is 44.2 Å². The van der Waals surface area contributed by atoms with E-state index >= 15 is 0 Å². The molecule has 2 aliphatic rings. The number of methoxy groups -OCH3 is 1. The maximum atomic E-state index is 13.3. The summed E-state index contributed by atoms with van der Waals surface area (Å²) in [6.07, 6.45) is 4.74. The molecule has 0 bridgehead atoms. The third kappa shape index (κ3) is 3.74. The van der Waals surface area contributed by atoms with Gasteiger partial charge in [0.15, 0.2) is 0 Å². The van der Waals surface area contributed by atoms with Gasteiger partial charge in [-0.2, -0.15) is 17.4 Å². The lowest BCUT2D eigenvalue weighted by Crippen LogP contribution is -2.48. The van der Waals surface area contributed by atoms with Crippen LogP contribution in [0.5, 0.6) is 5.75 Å². The Morgan fingerprint density at radius 2 is 1.81 bits per heavy atom. The molecule has 2 aromatic rings. The minimum atomic E-state index is -3.58. The van der Waals surface area contributed by atoms with E-state index in [9.17, 15) is 8.42 Å². The Morgan fingerprint density at radius 3 is 2.52 bits per heavy atom. The van der Waals surface area contributed by atoms with E-state index in [1.54, 1.807) is 11.4 Å². The van der Waals surface area contributed by atoms with Crippen LogP contribution in [0.25, 0.3) is 0 Å². The van der Waals surface area contributed by atoms with Crippen LogP contribution in [0.1, 0.15) is 48.4 Å². The number of nitrogens with zero attached hydrogens (tertiary/aromatic N) is 1. The molecule has 1 heterocycles. The molecule has 6 heteroatoms. The van der Waals surface area contributed by atoms with Crippen molar-refractivity contribution in [3.8, 4) is 5.75 Å². The van der Waals surface area contributed by atoms with Crippen LogP contribution in [-0.4, -0.2) is 32.4 Å². The Balaban J connectivity index is 1.76. The lowest BCUT2D eigenvalue weighted by atomic mass is 9.89. The Bertz CT molecular complexity index is 893. The summed E-state index contributed by atoms with van der Waals surface area (Å²) in [5.41, 5.74) is 3.16. The van der Waals surface area contributed by atoms with Gasteiger partial charge in [-0.3, -0.25) is 0 Å². The van der Waals surface area contributed by atoms with Crippen LogP contribution >= 0.6 is 0 Å². The van der Waals surface area contributed by atoms with Gasteiger partial charge in [-0.25, -0.2) is 0 Å². The zero-order valence-electron chi connectivity index (χ0n) is 15.6. The molecule has 1 fully saturated rings. The normalized spacial score (nSPS) is 21.1. The summed E-state index contributed by atoms with van der Waals surface area (Å²) in [6, 6.07) is 15.5. The Morgan fingerprint density at radius 1 is 1.07 bits per heavy atom. The maximum absolute atomic E-state index is 13.3. The first kappa shape index (κ1) is 18.5. The van der Waals surface area contributed by atoms with Gasteiger partial charge >= 0.3 is 0 Å². The van der Waals surface area contributed by atoms with E-state index in [4.69, 9.17) is 4.74 Å². The van der Waals surface area contributed by atoms with Gasteiger partial charge in [-0.15, -0.1) is 0 Å². The van der Waals surface area contributed by atoms with Crippen LogP contribution in [0.2, 0.25) is 0 Å². The molecule has 1 unspecified atom stereocenters. The number of benzene rings is 2. The van der Waals surface area contributed by atoms with Crippen molar-refractivity contribution in [3.63, 3.8) is 0 Å². The fraction of sp³-hybridized carbons (Fsp3) is 0.429. The van der Waals surface area contributed by atoms with Crippen LogP contribution in [-0.2, 0) is 16.6 Å². The highest BCUT2D eigenvalue weighted by Crippen LogP contribution is 2.38. The molecule has 2 aromatic carbocycles. The molecule has 1 aliphatic carbocycles. The standard InChI is InChI=1S/C21H26N2O3S/c1-26-19-12-11-16-13-14-23(27(24,25)22-18-9-5-6-10-18)21(20(16)15-19)17-7-3-2-4-8-17/h2-4,7-8,11-12,15,18,21-22H,5-6,9-10,13-14H2,1H3. The second-order valence-corrected chi connectivity index (χ2v) is 9.00. The van der Waals surface area contributed by atoms with Crippen molar-refractivity contribution < 1.29 is 13.2 Å². The van der Waals surface area contributed by atoms with Crippen LogP contribution in [0.4, 0.5) is 0 Å². The van der Waals surface area contributed by atoms with E-state index < -0.39 is 10.2 Å². The van der Waals surface area contributed by atoms with Gasteiger partial charge in [-0.1, -0.05) is 49.2 Å². The molecule has 4 rings (SSSR count). The zero-order chi connectivity index (χ0) is 18.9. The van der Waals surface area contributed by atoms with Gasteiger partial charge in [0.1, 0.15) is 5.75 Å². The summed E-state index contributed by atoms with van der Waals surface area (Å²) in [6.45, 7) is 0.473. The summed E-state index contributed by atoms with van der Waals surface area (Å²) >= 11 is 0. The number of ether oxygens (including phenoxy) is 1. The maximum Gasteiger partial charge on any atom is 0.280 e. The molecule has 1 N–H and O–H groups in total. The molecule has 0 spiro atoms. The van der Waals surface area contributed by atoms with E-state index in [0.717, 1.165) is 42.6 Å². The first-order valence-electron chi connectivity index (χ1n) is 9.59. The van der Waals surface area contributed by atoms with E-state index in [1.807, 2.05) is 42.5 Å². The second kappa shape index (κ2) is 7.62. The van der Waals surface area contributed by atoms with Gasteiger partial charge < -0.3 is 4.74 Å². The van der Waals surface area contributed by atoms with Gasteiger partial charge in [0.05, 0.1) is 13.2 Å². The smallest absolute Gasteiger partial charge is 0.280 e. The number of fused-ring (bicyclic) bond motifs is 1. The number of hydrogen-bond acceptors (Lipinski definition) is 3. The molecule has 0 amide bonds. The summed E-state index contributed by atoms with van der Waals surface area (Å²) in [5, 5.41) is 0. The molecule has 1 saturated carbocycles. The van der Waals surface area contributed by atoms with Crippen molar-refractivity contribution in [1.82, 2.24) is 9.03 Å². The van der Waals surface area contributed by atoms with Crippen LogP contribution in [0, 0.1) is 0 Å². The highest BCUT2D eigenvalue weighted by Gasteiger charge is 2.38. The fourth-order valence-electron chi connectivity index (χ4n) is 4.26. The van der Waals surface area contributed by atoms with Crippen molar-refractivity contribution in [3.05, 3.63) is 65.2 Å². The Labute approximate surface area is 161 Å². The molecular weight excluding hydrogens is 360 g/mol. The second-order valence-electron chi connectivity index (χ2n) is 7.34. The molecule has 0 aromatic heterocycles. The lowest BCUT2D eigenvalue weighted by Gasteiger charge is -2.37. The summed E-state index contributed by atoms with van der Waals surface area (Å²) in [5.74, 6) is 0.748. The molecule has 0 radical (unpaired) electrons. The van der Waals surface area contributed by atoms with Crippen LogP contribution < -0.4 is 9.46 Å². The Kier molecular flexibility index (Phi) is 5.21. The number of hydrogen-bond donors (Lipinski definition) is 1. The van der Waals surface area contributed by atoms with E-state index in [2.05, 4.69) is 10.8 Å². The molecule has 27 heavy (non-hydrogen) atoms. The first-order valence-corrected chi connectivity index (χ1v) is 11.0. The van der Waals surface area contributed by atoms with Crippen LogP contribution in [0.3, 0.4) is 0 Å². The molecule has 0 saturated heterocycles. The van der Waals surface area contributed by atoms with E-state index in [-0.39, 0.29) is 12.1 Å². The van der Waals surface area contributed by atoms with Gasteiger partial charge in [-0.05, 0) is 48.1 Å². The average Bonchev–Trinajstić information content (AvgIpc) is 3.19. The van der Waals surface area contributed by atoms with Crippen molar-refractivity contribution in [1.29, 1.82) is 0 Å². The third-order valence-electron chi connectivity index (χ3n) is 5.63. The van der Waals surface area contributed by atoms with Crippen LogP contribution in [0.15, 0.2) is 48.5 Å². The topological polar surface area (TPSA) is 58.6 Å². The highest BCUT2D eigenvalue weighted by atomic mass is 32.2. The molecular formula is C21H26N2O3S. The predicted octanol–water partition coefficient (Wildman–Crippen LogP) is 3.42. The fourth-order valence-corrected chi connectivity index (χ4v) is 5.90. The molecule has 1 aliphatic heterocycles. The summed E-state index contributed by atoms with van der Waals surface area (Å²) in [7, 11) is -1.95. The van der Waals surface area contributed by atoms with Crippen molar-refractivity contribution in [2.75, 3.05) is 13.7 Å². The Hall–Kier alpha value is -1.89. The van der Waals surface area contributed by atoms with E-state index in [1.165, 1.54) is 5.56 Å². The van der Waals surface area contributed by atoms with Crippen molar-refractivity contribution >= 4 is 10.2 Å². The lowest BCUT2D eigenvalue weighted by molar-refractivity contribution is 0.332. The summed E-state index contributed by atoms with van der Waals surface area (Å²) in [4.78, 5) is 0. The number of rotatable bonds is 5. The quantitative estimate of drug-likeness (QED) is 0.857. The van der Waals surface area contributed by atoms with Crippen molar-refractivity contribution in [2.24, 2.45) is 0 Å². The molecule has 5 nitrogen and oxygen atoms in total. The SMILES string of the molecule is COc1ccc2c(c1)C(c1ccccc1)N(S(=O)(=O)NC1CCCC1)CC2. The van der Waals surface area contributed by atoms with E-state index in [0.29, 0.717) is 13.0 Å². The minimum absolute atomic E-state index is 0.0538. The highest BCUT2D eigenvalue weighted by molar-refractivity contribution is 7.87. The first-order chi connectivity index (χ1) is 13.1. The number of nitrogens with one attached hydrogen (secondary N) is 1.